The highest BCUT2D eigenvalue weighted by Gasteiger charge is 2.44. The lowest BCUT2D eigenvalue weighted by atomic mass is 9.98. The van der Waals surface area contributed by atoms with E-state index in [1.54, 1.807) is 0 Å². The highest BCUT2D eigenvalue weighted by Crippen LogP contribution is 2.24. The van der Waals surface area contributed by atoms with Gasteiger partial charge in [-0.25, -0.2) is 8.78 Å². The summed E-state index contributed by atoms with van der Waals surface area (Å²) < 4.78 is 37.6. The van der Waals surface area contributed by atoms with Crippen LogP contribution in [0.25, 0.3) is 0 Å². The Kier molecular flexibility index (Phi) is 25.6. The second-order valence-electron chi connectivity index (χ2n) is 15.1. The molecule has 1 aliphatic heterocycles. The third kappa shape index (κ3) is 18.9. The molecule has 1 aromatic carbocycles. The summed E-state index contributed by atoms with van der Waals surface area (Å²) in [7, 11) is 0. The molecule has 8 N–H and O–H groups in total. The van der Waals surface area contributed by atoms with Gasteiger partial charge in [-0.1, -0.05) is 129 Å². The van der Waals surface area contributed by atoms with Crippen LogP contribution in [0.4, 0.5) is 8.78 Å². The number of benzene rings is 1. The molecule has 1 aromatic rings. The topological polar surface area (TPSA) is 189 Å². The van der Waals surface area contributed by atoms with Gasteiger partial charge >= 0.3 is 0 Å². The molecule has 1 saturated heterocycles. The van der Waals surface area contributed by atoms with Crippen LogP contribution in [-0.4, -0.2) is 104 Å². The first-order chi connectivity index (χ1) is 26.0. The summed E-state index contributed by atoms with van der Waals surface area (Å²) >= 11 is 0. The fourth-order valence-corrected chi connectivity index (χ4v) is 6.94. The monoisotopic (exact) mass is 776 g/mol. The molecule has 0 aliphatic carbocycles. The quantitative estimate of drug-likeness (QED) is 0.0440. The lowest BCUT2D eigenvalue weighted by Crippen LogP contribution is -2.60. The summed E-state index contributed by atoms with van der Waals surface area (Å²) in [5, 5.41) is 75.1. The standard InChI is InChI=1S/C41H71F2NO10/c1-2-3-4-5-6-7-8-9-10-12-16-19-22-34(47)37(49)32(28-53-41-40(52)39(51)38(50)35(27-45)54-41)44-36(48)23-20-17-14-11-13-15-18-21-33(46)29-24-25-30(42)31(43)26-29/h24-26,32-35,37-41,45-47,49-52H,2-23,27-28H2,1H3,(H,44,48)/t32-,33?,34+,35+,37-,38-,39-,40+,41-/m0/s1. The molecule has 13 heteroatoms. The van der Waals surface area contributed by atoms with Crippen molar-refractivity contribution in [3.63, 3.8) is 0 Å². The molecule has 1 unspecified atom stereocenters. The fourth-order valence-electron chi connectivity index (χ4n) is 6.94. The van der Waals surface area contributed by atoms with Crippen LogP contribution in [0.3, 0.4) is 0 Å². The number of hydrogen-bond donors (Lipinski definition) is 8. The molecule has 0 saturated carbocycles. The van der Waals surface area contributed by atoms with Gasteiger partial charge in [-0.05, 0) is 37.0 Å². The number of rotatable bonds is 31. The maximum absolute atomic E-state index is 13.4. The van der Waals surface area contributed by atoms with Crippen molar-refractivity contribution in [3.8, 4) is 0 Å². The summed E-state index contributed by atoms with van der Waals surface area (Å²) in [6.45, 7) is 1.22. The average Bonchev–Trinajstić information content (AvgIpc) is 3.16. The zero-order chi connectivity index (χ0) is 39.7. The number of carbonyl (C=O) groups excluding carboxylic acids is 1. The number of halogens is 2. The van der Waals surface area contributed by atoms with Gasteiger partial charge in [0.1, 0.15) is 30.5 Å². The Bertz CT molecular complexity index is 1120. The van der Waals surface area contributed by atoms with Crippen LogP contribution in [0.1, 0.15) is 160 Å². The zero-order valence-corrected chi connectivity index (χ0v) is 32.5. The number of aliphatic hydroxyl groups excluding tert-OH is 7. The summed E-state index contributed by atoms with van der Waals surface area (Å²) in [5.41, 5.74) is 0.358. The molecule has 9 atom stereocenters. The third-order valence-corrected chi connectivity index (χ3v) is 10.5. The van der Waals surface area contributed by atoms with Crippen LogP contribution >= 0.6 is 0 Å². The van der Waals surface area contributed by atoms with Crippen molar-refractivity contribution in [2.75, 3.05) is 13.2 Å². The van der Waals surface area contributed by atoms with Gasteiger partial charge in [0, 0.05) is 6.42 Å². The molecule has 314 valence electrons. The fraction of sp³-hybridized carbons (Fsp3) is 0.829. The maximum atomic E-state index is 13.4. The van der Waals surface area contributed by atoms with E-state index >= 15 is 0 Å². The van der Waals surface area contributed by atoms with Gasteiger partial charge in [0.2, 0.25) is 5.91 Å². The SMILES string of the molecule is CCCCCCCCCCCCCC[C@@H](O)[C@@H](O)[C@H](CO[C@H]1O[C@H](CO)[C@H](O)[C@H](O)[C@H]1O)NC(=O)CCCCCCCCCC(O)c1ccc(F)c(F)c1. The molecule has 11 nitrogen and oxygen atoms in total. The molecule has 0 radical (unpaired) electrons. The van der Waals surface area contributed by atoms with Crippen molar-refractivity contribution in [3.05, 3.63) is 35.4 Å². The number of aliphatic hydroxyl groups is 7. The van der Waals surface area contributed by atoms with Gasteiger partial charge in [0.05, 0.1) is 31.5 Å². The first-order valence-electron chi connectivity index (χ1n) is 20.7. The van der Waals surface area contributed by atoms with Crippen LogP contribution in [0, 0.1) is 11.6 Å². The van der Waals surface area contributed by atoms with Crippen molar-refractivity contribution in [2.45, 2.75) is 203 Å². The summed E-state index contributed by atoms with van der Waals surface area (Å²) in [6.07, 6.45) is 9.85. The van der Waals surface area contributed by atoms with Gasteiger partial charge in [0.25, 0.3) is 0 Å². The lowest BCUT2D eigenvalue weighted by molar-refractivity contribution is -0.303. The first kappa shape index (κ1) is 48.3. The molecule has 2 rings (SSSR count). The normalized spacial score (nSPS) is 22.5. The summed E-state index contributed by atoms with van der Waals surface area (Å²) in [5.74, 6) is -2.27. The Balaban J connectivity index is 1.74. The molecule has 0 bridgehead atoms. The lowest BCUT2D eigenvalue weighted by Gasteiger charge is -2.40. The Hall–Kier alpha value is -1.81. The van der Waals surface area contributed by atoms with E-state index in [9.17, 15) is 49.3 Å². The van der Waals surface area contributed by atoms with E-state index in [4.69, 9.17) is 9.47 Å². The van der Waals surface area contributed by atoms with Crippen molar-refractivity contribution >= 4 is 5.91 Å². The van der Waals surface area contributed by atoms with Gasteiger partial charge in [-0.15, -0.1) is 0 Å². The molecular formula is C41H71F2NO10. The Morgan fingerprint density at radius 2 is 1.28 bits per heavy atom. The van der Waals surface area contributed by atoms with Crippen LogP contribution in [0.2, 0.25) is 0 Å². The van der Waals surface area contributed by atoms with Crippen molar-refractivity contribution in [1.82, 2.24) is 5.32 Å². The number of unbranched alkanes of at least 4 members (excludes halogenated alkanes) is 17. The molecule has 0 spiro atoms. The zero-order valence-electron chi connectivity index (χ0n) is 32.5. The van der Waals surface area contributed by atoms with Gasteiger partial charge in [0.15, 0.2) is 17.9 Å². The smallest absolute Gasteiger partial charge is 0.220 e. The highest BCUT2D eigenvalue weighted by atomic mass is 19.2. The Morgan fingerprint density at radius 1 is 0.741 bits per heavy atom. The molecule has 54 heavy (non-hydrogen) atoms. The number of ether oxygens (including phenoxy) is 2. The number of amides is 1. The van der Waals surface area contributed by atoms with Crippen molar-refractivity contribution in [1.29, 1.82) is 0 Å². The van der Waals surface area contributed by atoms with Crippen molar-refractivity contribution in [2.24, 2.45) is 0 Å². The van der Waals surface area contributed by atoms with E-state index in [1.165, 1.54) is 57.4 Å². The van der Waals surface area contributed by atoms with E-state index in [1.807, 2.05) is 0 Å². The predicted octanol–water partition coefficient (Wildman–Crippen LogP) is 5.62. The van der Waals surface area contributed by atoms with Crippen LogP contribution in [0.15, 0.2) is 18.2 Å². The van der Waals surface area contributed by atoms with E-state index < -0.39 is 73.3 Å². The molecular weight excluding hydrogens is 704 g/mol. The number of carbonyl (C=O) groups is 1. The summed E-state index contributed by atoms with van der Waals surface area (Å²) in [4.78, 5) is 12.9. The summed E-state index contributed by atoms with van der Waals surface area (Å²) in [6, 6.07) is 2.37. The number of hydrogen-bond acceptors (Lipinski definition) is 10. The second-order valence-corrected chi connectivity index (χ2v) is 15.1. The number of nitrogens with one attached hydrogen (secondary N) is 1. The van der Waals surface area contributed by atoms with Gasteiger partial charge < -0.3 is 50.5 Å². The van der Waals surface area contributed by atoms with E-state index in [2.05, 4.69) is 12.2 Å². The Labute approximate surface area is 321 Å². The van der Waals surface area contributed by atoms with E-state index in [0.717, 1.165) is 69.9 Å². The average molecular weight is 776 g/mol. The predicted molar refractivity (Wildman–Crippen MR) is 202 cm³/mol. The molecule has 1 heterocycles. The molecule has 1 amide bonds. The van der Waals surface area contributed by atoms with E-state index in [0.29, 0.717) is 31.2 Å². The second kappa shape index (κ2) is 28.6. The molecule has 0 aromatic heterocycles. The first-order valence-corrected chi connectivity index (χ1v) is 20.7. The third-order valence-electron chi connectivity index (χ3n) is 10.5. The largest absolute Gasteiger partial charge is 0.394 e. The minimum absolute atomic E-state index is 0.179. The van der Waals surface area contributed by atoms with Crippen LogP contribution < -0.4 is 5.32 Å². The van der Waals surface area contributed by atoms with Crippen LogP contribution in [0.5, 0.6) is 0 Å². The van der Waals surface area contributed by atoms with E-state index in [-0.39, 0.29) is 18.9 Å². The highest BCUT2D eigenvalue weighted by molar-refractivity contribution is 5.76. The maximum Gasteiger partial charge on any atom is 0.220 e. The van der Waals surface area contributed by atoms with Gasteiger partial charge in [-0.3, -0.25) is 4.79 Å². The molecule has 1 aliphatic rings. The van der Waals surface area contributed by atoms with Crippen molar-refractivity contribution < 1.29 is 58.8 Å². The minimum Gasteiger partial charge on any atom is -0.394 e. The molecule has 1 fully saturated rings. The Morgan fingerprint density at radius 3 is 1.83 bits per heavy atom. The minimum atomic E-state index is -1.65. The van der Waals surface area contributed by atoms with Gasteiger partial charge in [-0.2, -0.15) is 0 Å². The van der Waals surface area contributed by atoms with Crippen LogP contribution in [-0.2, 0) is 14.3 Å².